The number of methoxy groups -OCH3 is 1. The fourth-order valence-corrected chi connectivity index (χ4v) is 4.15. The average Bonchev–Trinajstić information content (AvgIpc) is 3.21. The third-order valence-corrected chi connectivity index (χ3v) is 6.89. The third-order valence-electron chi connectivity index (χ3n) is 6.89. The molecule has 1 atom stereocenters. The van der Waals surface area contributed by atoms with Crippen molar-refractivity contribution in [1.82, 2.24) is 4.90 Å². The summed E-state index contributed by atoms with van der Waals surface area (Å²) < 4.78 is 23.3. The van der Waals surface area contributed by atoms with E-state index in [2.05, 4.69) is 6.92 Å². The molecule has 2 aromatic carbocycles. The number of amides is 1. The zero-order valence-corrected chi connectivity index (χ0v) is 20.7. The van der Waals surface area contributed by atoms with Gasteiger partial charge in [-0.05, 0) is 63.3 Å². The second-order valence-electron chi connectivity index (χ2n) is 10.2. The Morgan fingerprint density at radius 2 is 1.74 bits per heavy atom. The summed E-state index contributed by atoms with van der Waals surface area (Å²) in [5.41, 5.74) is 1.27. The molecule has 0 radical (unpaired) electrons. The molecule has 0 aliphatic carbocycles. The van der Waals surface area contributed by atoms with E-state index in [0.29, 0.717) is 42.5 Å². The molecule has 0 unspecified atom stereocenters. The molecule has 0 bridgehead atoms. The number of likely N-dealkylation sites (tertiary alicyclic amines) is 1. The minimum Gasteiger partial charge on any atom is -0.465 e. The molecule has 2 heterocycles. The lowest BCUT2D eigenvalue weighted by molar-refractivity contribution is -0.128. The third kappa shape index (κ3) is 4.84. The van der Waals surface area contributed by atoms with E-state index in [9.17, 15) is 9.59 Å². The van der Waals surface area contributed by atoms with Gasteiger partial charge >= 0.3 is 13.1 Å². The van der Waals surface area contributed by atoms with E-state index in [-0.39, 0.29) is 5.91 Å². The van der Waals surface area contributed by atoms with Gasteiger partial charge in [0.05, 0.1) is 23.9 Å². The molecule has 8 heteroatoms. The van der Waals surface area contributed by atoms with Crippen LogP contribution in [0.5, 0.6) is 11.5 Å². The molecule has 0 aromatic heterocycles. The lowest BCUT2D eigenvalue weighted by Gasteiger charge is -2.32. The summed E-state index contributed by atoms with van der Waals surface area (Å²) in [5.74, 6) is 1.12. The van der Waals surface area contributed by atoms with Gasteiger partial charge in [-0.15, -0.1) is 0 Å². The van der Waals surface area contributed by atoms with Crippen molar-refractivity contribution in [2.45, 2.75) is 58.8 Å². The van der Waals surface area contributed by atoms with E-state index in [1.54, 1.807) is 12.1 Å². The van der Waals surface area contributed by atoms with Crippen LogP contribution in [-0.4, -0.2) is 48.8 Å². The predicted octanol–water partition coefficient (Wildman–Crippen LogP) is 3.93. The Hall–Kier alpha value is -2.84. The van der Waals surface area contributed by atoms with Crippen LogP contribution < -0.4 is 10.2 Å². The molecule has 34 heavy (non-hydrogen) atoms. The first kappa shape index (κ1) is 24.3. The molecular weight excluding hydrogens is 433 g/mol. The van der Waals surface area contributed by atoms with Gasteiger partial charge in [0.1, 0.15) is 11.5 Å². The van der Waals surface area contributed by atoms with Gasteiger partial charge in [-0.25, -0.2) is 4.79 Å². The van der Waals surface area contributed by atoms with Gasteiger partial charge < -0.3 is 23.7 Å². The van der Waals surface area contributed by atoms with Crippen LogP contribution in [0, 0.1) is 5.92 Å². The van der Waals surface area contributed by atoms with Crippen LogP contribution in [0.1, 0.15) is 57.0 Å². The van der Waals surface area contributed by atoms with Crippen molar-refractivity contribution in [3.05, 3.63) is 53.6 Å². The molecule has 2 saturated heterocycles. The van der Waals surface area contributed by atoms with Gasteiger partial charge in [0.15, 0.2) is 0 Å². The van der Waals surface area contributed by atoms with Crippen molar-refractivity contribution < 1.29 is 28.4 Å². The number of hydrogen-bond acceptors (Lipinski definition) is 6. The Balaban J connectivity index is 1.56. The first-order valence-corrected chi connectivity index (χ1v) is 11.6. The van der Waals surface area contributed by atoms with Crippen molar-refractivity contribution in [2.24, 2.45) is 5.92 Å². The Bertz CT molecular complexity index is 1070. The van der Waals surface area contributed by atoms with Crippen molar-refractivity contribution in [1.29, 1.82) is 0 Å². The summed E-state index contributed by atoms with van der Waals surface area (Å²) in [4.78, 5) is 26.2. The number of rotatable bonds is 6. The molecule has 0 spiro atoms. The molecule has 0 N–H and O–H groups in total. The Morgan fingerprint density at radius 1 is 1.09 bits per heavy atom. The van der Waals surface area contributed by atoms with E-state index in [1.165, 1.54) is 7.11 Å². The van der Waals surface area contributed by atoms with Gasteiger partial charge in [0.25, 0.3) is 0 Å². The van der Waals surface area contributed by atoms with Gasteiger partial charge in [0.2, 0.25) is 5.91 Å². The van der Waals surface area contributed by atoms with Crippen LogP contribution in [-0.2, 0) is 25.4 Å². The van der Waals surface area contributed by atoms with E-state index in [4.69, 9.17) is 18.8 Å². The highest BCUT2D eigenvalue weighted by molar-refractivity contribution is 6.62. The molecule has 2 fully saturated rings. The zero-order chi connectivity index (χ0) is 24.7. The van der Waals surface area contributed by atoms with E-state index >= 15 is 0 Å². The van der Waals surface area contributed by atoms with Crippen LogP contribution in [0.15, 0.2) is 42.5 Å². The molecule has 2 aliphatic heterocycles. The maximum absolute atomic E-state index is 12.3. The Labute approximate surface area is 201 Å². The highest BCUT2D eigenvalue weighted by atomic mass is 16.7. The molecule has 4 rings (SSSR count). The monoisotopic (exact) mass is 465 g/mol. The second-order valence-corrected chi connectivity index (χ2v) is 10.2. The Morgan fingerprint density at radius 3 is 2.29 bits per heavy atom. The first-order chi connectivity index (χ1) is 16.0. The van der Waals surface area contributed by atoms with Crippen LogP contribution in [0.3, 0.4) is 0 Å². The van der Waals surface area contributed by atoms with E-state index in [0.717, 1.165) is 11.0 Å². The fourth-order valence-electron chi connectivity index (χ4n) is 4.15. The summed E-state index contributed by atoms with van der Waals surface area (Å²) in [5, 5.41) is 0. The zero-order valence-electron chi connectivity index (χ0n) is 20.7. The number of esters is 1. The molecule has 180 valence electrons. The van der Waals surface area contributed by atoms with Crippen LogP contribution in [0.2, 0.25) is 0 Å². The lowest BCUT2D eigenvalue weighted by atomic mass is 9.79. The standard InChI is InChI=1S/C26H32BNO6/c1-17-13-23(29)28(15-17)16-19-8-7-18(24(30)31-6)14-22(19)32-21-11-9-20(10-12-21)27-33-25(2,3)26(4,5)34-27/h7-12,14,17H,13,15-16H2,1-6H3/t17-/m0/s1. The number of nitrogens with zero attached hydrogens (tertiary/aromatic N) is 1. The molecule has 0 saturated carbocycles. The normalized spacial score (nSPS) is 21.1. The smallest absolute Gasteiger partial charge is 0.465 e. The van der Waals surface area contributed by atoms with Gasteiger partial charge in [-0.2, -0.15) is 0 Å². The van der Waals surface area contributed by atoms with Crippen LogP contribution in [0.4, 0.5) is 0 Å². The molecule has 1 amide bonds. The molecule has 2 aromatic rings. The number of carbonyl (C=O) groups excluding carboxylic acids is 2. The average molecular weight is 465 g/mol. The SMILES string of the molecule is COC(=O)c1ccc(CN2C[C@@H](C)CC2=O)c(Oc2ccc(B3OC(C)(C)C(C)(C)O3)cc2)c1. The summed E-state index contributed by atoms with van der Waals surface area (Å²) in [6.07, 6.45) is 0.552. The Kier molecular flexibility index (Phi) is 6.49. The minimum atomic E-state index is -0.458. The van der Waals surface area contributed by atoms with Crippen molar-refractivity contribution in [2.75, 3.05) is 13.7 Å². The van der Waals surface area contributed by atoms with Crippen molar-refractivity contribution >= 4 is 24.5 Å². The van der Waals surface area contributed by atoms with Gasteiger partial charge in [0, 0.05) is 25.1 Å². The van der Waals surface area contributed by atoms with Crippen LogP contribution in [0.25, 0.3) is 0 Å². The second kappa shape index (κ2) is 9.08. The van der Waals surface area contributed by atoms with Crippen molar-refractivity contribution in [3.8, 4) is 11.5 Å². The van der Waals surface area contributed by atoms with Gasteiger partial charge in [-0.3, -0.25) is 4.79 Å². The quantitative estimate of drug-likeness (QED) is 0.476. The molecule has 7 nitrogen and oxygen atoms in total. The number of ether oxygens (including phenoxy) is 2. The number of benzene rings is 2. The maximum atomic E-state index is 12.3. The highest BCUT2D eigenvalue weighted by Gasteiger charge is 2.51. The summed E-state index contributed by atoms with van der Waals surface area (Å²) in [7, 11) is 0.885. The number of hydrogen-bond donors (Lipinski definition) is 0. The first-order valence-electron chi connectivity index (χ1n) is 11.6. The minimum absolute atomic E-state index is 0.127. The van der Waals surface area contributed by atoms with E-state index in [1.807, 2.05) is 62.9 Å². The molecular formula is C26H32BNO6. The fraction of sp³-hybridized carbons (Fsp3) is 0.462. The van der Waals surface area contributed by atoms with Crippen molar-refractivity contribution in [3.63, 3.8) is 0 Å². The molecule has 2 aliphatic rings. The maximum Gasteiger partial charge on any atom is 0.494 e. The van der Waals surface area contributed by atoms with Crippen LogP contribution >= 0.6 is 0 Å². The predicted molar refractivity (Wildman–Crippen MR) is 129 cm³/mol. The topological polar surface area (TPSA) is 74.3 Å². The number of carbonyl (C=O) groups is 2. The summed E-state index contributed by atoms with van der Waals surface area (Å²) >= 11 is 0. The summed E-state index contributed by atoms with van der Waals surface area (Å²) in [6.45, 7) is 11.3. The lowest BCUT2D eigenvalue weighted by Crippen LogP contribution is -2.41. The van der Waals surface area contributed by atoms with Gasteiger partial charge in [-0.1, -0.05) is 25.1 Å². The highest BCUT2D eigenvalue weighted by Crippen LogP contribution is 2.37. The summed E-state index contributed by atoms with van der Waals surface area (Å²) in [6, 6.07) is 12.7. The van der Waals surface area contributed by atoms with E-state index < -0.39 is 24.3 Å². The largest absolute Gasteiger partial charge is 0.494 e.